The molecule has 33 heavy (non-hydrogen) atoms. The average Bonchev–Trinajstić information content (AvgIpc) is 2.70. The van der Waals surface area contributed by atoms with E-state index in [9.17, 15) is 27.8 Å². The second-order valence-electron chi connectivity index (χ2n) is 9.52. The van der Waals surface area contributed by atoms with E-state index < -0.39 is 33.1 Å². The standard InChI is InChI=1S/C24H30FNO5S2/c1-23(2,28)12-11-19(27)14-18-15-32-22-13-16(24(3,4)29)5-10-21(22)26(18)33(30,31)20-8-6-17(25)7-9-20/h5-10,13,18,28-29H,11-12,14-15H2,1-4H3. The Hall–Kier alpha value is -1.94. The van der Waals surface area contributed by atoms with E-state index in [1.807, 2.05) is 0 Å². The minimum Gasteiger partial charge on any atom is -0.390 e. The molecule has 180 valence electrons. The summed E-state index contributed by atoms with van der Waals surface area (Å²) in [4.78, 5) is 13.3. The van der Waals surface area contributed by atoms with Crippen LogP contribution in [-0.2, 0) is 20.4 Å². The lowest BCUT2D eigenvalue weighted by Gasteiger charge is -2.38. The normalized spacial score (nSPS) is 17.1. The van der Waals surface area contributed by atoms with Gasteiger partial charge in [0, 0.05) is 23.5 Å². The van der Waals surface area contributed by atoms with Crippen molar-refractivity contribution in [1.82, 2.24) is 0 Å². The van der Waals surface area contributed by atoms with E-state index in [0.29, 0.717) is 21.9 Å². The van der Waals surface area contributed by atoms with E-state index in [2.05, 4.69) is 0 Å². The van der Waals surface area contributed by atoms with Crippen molar-refractivity contribution in [3.8, 4) is 0 Å². The summed E-state index contributed by atoms with van der Waals surface area (Å²) >= 11 is 1.43. The van der Waals surface area contributed by atoms with Crippen LogP contribution in [0.3, 0.4) is 0 Å². The van der Waals surface area contributed by atoms with Crippen molar-refractivity contribution >= 4 is 33.3 Å². The maximum atomic E-state index is 13.6. The van der Waals surface area contributed by atoms with Crippen LogP contribution in [0.1, 0.15) is 52.5 Å². The highest BCUT2D eigenvalue weighted by Gasteiger charge is 2.38. The Bertz CT molecular complexity index is 1120. The molecule has 1 atom stereocenters. The molecule has 0 saturated carbocycles. The maximum Gasteiger partial charge on any atom is 0.264 e. The fourth-order valence-corrected chi connectivity index (χ4v) is 6.62. The Balaban J connectivity index is 2.02. The number of fused-ring (bicyclic) bond motifs is 1. The molecule has 0 spiro atoms. The Morgan fingerprint density at radius 1 is 1.12 bits per heavy atom. The van der Waals surface area contributed by atoms with Gasteiger partial charge in [-0.3, -0.25) is 9.10 Å². The molecule has 0 amide bonds. The van der Waals surface area contributed by atoms with Gasteiger partial charge in [-0.1, -0.05) is 6.07 Å². The number of sulfonamides is 1. The van der Waals surface area contributed by atoms with Crippen LogP contribution in [0.4, 0.5) is 10.1 Å². The molecule has 0 radical (unpaired) electrons. The highest BCUT2D eigenvalue weighted by atomic mass is 32.2. The minimum absolute atomic E-state index is 0.00378. The first-order valence-corrected chi connectivity index (χ1v) is 13.1. The zero-order chi connectivity index (χ0) is 24.6. The smallest absolute Gasteiger partial charge is 0.264 e. The summed E-state index contributed by atoms with van der Waals surface area (Å²) in [6.07, 6.45) is 0.414. The zero-order valence-electron chi connectivity index (χ0n) is 19.2. The number of ketones is 1. The van der Waals surface area contributed by atoms with E-state index in [1.54, 1.807) is 45.9 Å². The van der Waals surface area contributed by atoms with Crippen molar-refractivity contribution in [3.05, 3.63) is 53.8 Å². The molecular weight excluding hydrogens is 465 g/mol. The van der Waals surface area contributed by atoms with Crippen LogP contribution < -0.4 is 4.31 Å². The number of aliphatic hydroxyl groups is 2. The van der Waals surface area contributed by atoms with E-state index in [-0.39, 0.29) is 29.9 Å². The topological polar surface area (TPSA) is 94.9 Å². The van der Waals surface area contributed by atoms with Crippen LogP contribution in [0.15, 0.2) is 52.3 Å². The van der Waals surface area contributed by atoms with Crippen LogP contribution in [0.5, 0.6) is 0 Å². The van der Waals surface area contributed by atoms with Crippen molar-refractivity contribution in [1.29, 1.82) is 0 Å². The first-order valence-electron chi connectivity index (χ1n) is 10.7. The van der Waals surface area contributed by atoms with E-state index >= 15 is 0 Å². The molecule has 2 aromatic carbocycles. The van der Waals surface area contributed by atoms with Gasteiger partial charge in [0.05, 0.1) is 27.8 Å². The first kappa shape index (κ1) is 25.7. The lowest BCUT2D eigenvalue weighted by atomic mass is 9.97. The molecule has 9 heteroatoms. The number of hydrogen-bond donors (Lipinski definition) is 2. The van der Waals surface area contributed by atoms with Crippen molar-refractivity contribution < 1.29 is 27.8 Å². The van der Waals surface area contributed by atoms with Crippen molar-refractivity contribution in [3.63, 3.8) is 0 Å². The number of hydrogen-bond acceptors (Lipinski definition) is 6. The summed E-state index contributed by atoms with van der Waals surface area (Å²) in [5, 5.41) is 20.3. The van der Waals surface area contributed by atoms with E-state index in [0.717, 1.165) is 12.1 Å². The molecule has 0 saturated heterocycles. The predicted octanol–water partition coefficient (Wildman–Crippen LogP) is 4.23. The van der Waals surface area contributed by atoms with Gasteiger partial charge < -0.3 is 10.2 Å². The summed E-state index contributed by atoms with van der Waals surface area (Å²) in [7, 11) is -4.09. The lowest BCUT2D eigenvalue weighted by Crippen LogP contribution is -2.45. The first-order chi connectivity index (χ1) is 15.2. The van der Waals surface area contributed by atoms with Crippen LogP contribution in [0.25, 0.3) is 0 Å². The summed E-state index contributed by atoms with van der Waals surface area (Å²) < 4.78 is 42.0. The maximum absolute atomic E-state index is 13.6. The molecule has 3 rings (SSSR count). The van der Waals surface area contributed by atoms with Gasteiger partial charge in [0.1, 0.15) is 11.6 Å². The van der Waals surface area contributed by atoms with Crippen LogP contribution in [-0.4, -0.2) is 41.8 Å². The second-order valence-corrected chi connectivity index (χ2v) is 12.4. The quantitative estimate of drug-likeness (QED) is 0.569. The van der Waals surface area contributed by atoms with E-state index in [4.69, 9.17) is 0 Å². The molecule has 1 unspecified atom stereocenters. The molecule has 1 aliphatic heterocycles. The number of carbonyl (C=O) groups excluding carboxylic acids is 1. The van der Waals surface area contributed by atoms with Crippen molar-refractivity contribution in [2.24, 2.45) is 0 Å². The number of rotatable bonds is 8. The molecule has 0 bridgehead atoms. The number of carbonyl (C=O) groups is 1. The highest BCUT2D eigenvalue weighted by Crippen LogP contribution is 2.43. The van der Waals surface area contributed by atoms with E-state index in [1.165, 1.54) is 28.2 Å². The summed E-state index contributed by atoms with van der Waals surface area (Å²) in [5.74, 6) is -0.341. The molecule has 1 heterocycles. The summed E-state index contributed by atoms with van der Waals surface area (Å²) in [6, 6.07) is 9.05. The van der Waals surface area contributed by atoms with Gasteiger partial charge in [0.15, 0.2) is 0 Å². The molecule has 0 aromatic heterocycles. The van der Waals surface area contributed by atoms with Gasteiger partial charge in [0.25, 0.3) is 10.0 Å². The SMILES string of the molecule is CC(C)(O)CCC(=O)CC1CSc2cc(C(C)(C)O)ccc2N1S(=O)(=O)c1ccc(F)cc1. The highest BCUT2D eigenvalue weighted by molar-refractivity contribution is 8.00. The second kappa shape index (κ2) is 9.37. The third-order valence-electron chi connectivity index (χ3n) is 5.52. The predicted molar refractivity (Wildman–Crippen MR) is 127 cm³/mol. The number of benzene rings is 2. The van der Waals surface area contributed by atoms with Gasteiger partial charge in [-0.05, 0) is 76.1 Å². The Labute approximate surface area is 198 Å². The largest absolute Gasteiger partial charge is 0.390 e. The van der Waals surface area contributed by atoms with Gasteiger partial charge in [0.2, 0.25) is 0 Å². The Morgan fingerprint density at radius 2 is 1.76 bits per heavy atom. The number of thioether (sulfide) groups is 1. The molecule has 0 aliphatic carbocycles. The minimum atomic E-state index is -4.09. The molecule has 2 N–H and O–H groups in total. The van der Waals surface area contributed by atoms with Crippen LogP contribution >= 0.6 is 11.8 Å². The van der Waals surface area contributed by atoms with Gasteiger partial charge >= 0.3 is 0 Å². The third kappa shape index (κ3) is 6.15. The van der Waals surface area contributed by atoms with Crippen LogP contribution in [0, 0.1) is 5.82 Å². The van der Waals surface area contributed by atoms with Crippen molar-refractivity contribution in [2.45, 2.75) is 74.0 Å². The third-order valence-corrected chi connectivity index (χ3v) is 8.59. The number of nitrogens with zero attached hydrogens (tertiary/aromatic N) is 1. The Morgan fingerprint density at radius 3 is 2.33 bits per heavy atom. The summed E-state index contributed by atoms with van der Waals surface area (Å²) in [5.41, 5.74) is -1.02. The number of halogens is 1. The van der Waals surface area contributed by atoms with Gasteiger partial charge in [-0.15, -0.1) is 11.8 Å². The fourth-order valence-electron chi connectivity index (χ4n) is 3.64. The number of Topliss-reactive ketones (excluding diaryl/α,β-unsaturated/α-hetero) is 1. The molecule has 1 aliphatic rings. The molecular formula is C24H30FNO5S2. The molecule has 0 fully saturated rings. The summed E-state index contributed by atoms with van der Waals surface area (Å²) in [6.45, 7) is 6.55. The molecule has 6 nitrogen and oxygen atoms in total. The molecule has 2 aromatic rings. The van der Waals surface area contributed by atoms with Gasteiger partial charge in [-0.2, -0.15) is 0 Å². The lowest BCUT2D eigenvalue weighted by molar-refractivity contribution is -0.120. The number of anilines is 1. The zero-order valence-corrected chi connectivity index (χ0v) is 20.8. The van der Waals surface area contributed by atoms with Crippen molar-refractivity contribution in [2.75, 3.05) is 10.1 Å². The van der Waals surface area contributed by atoms with Crippen LogP contribution in [0.2, 0.25) is 0 Å². The Kier molecular flexibility index (Phi) is 7.29. The van der Waals surface area contributed by atoms with Gasteiger partial charge in [-0.25, -0.2) is 12.8 Å². The monoisotopic (exact) mass is 495 g/mol. The average molecular weight is 496 g/mol. The fraction of sp³-hybridized carbons (Fsp3) is 0.458.